The largest absolute Gasteiger partial charge is 0.497 e. The molecule has 0 N–H and O–H groups in total. The summed E-state index contributed by atoms with van der Waals surface area (Å²) in [5.74, 6) is -0.375. The number of esters is 1. The third kappa shape index (κ3) is 3.74. The number of rotatable bonds is 6. The Morgan fingerprint density at radius 3 is 2.67 bits per heavy atom. The number of allylic oxidation sites excluding steroid dienone is 2. The van der Waals surface area contributed by atoms with E-state index in [4.69, 9.17) is 18.6 Å². The van der Waals surface area contributed by atoms with Crippen molar-refractivity contribution in [2.75, 3.05) is 20.8 Å². The quantitative estimate of drug-likeness (QED) is 0.571. The van der Waals surface area contributed by atoms with E-state index >= 15 is 0 Å². The number of methoxy groups -OCH3 is 2. The van der Waals surface area contributed by atoms with Crippen LogP contribution in [0.15, 0.2) is 47.1 Å². The normalized spacial score (nSPS) is 19.4. The van der Waals surface area contributed by atoms with E-state index in [2.05, 4.69) is 0 Å². The number of furan rings is 1. The lowest BCUT2D eigenvalue weighted by atomic mass is 9.74. The maximum absolute atomic E-state index is 12.8. The second-order valence-electron chi connectivity index (χ2n) is 6.20. The first-order chi connectivity index (χ1) is 13.1. The molecule has 0 amide bonds. The summed E-state index contributed by atoms with van der Waals surface area (Å²) in [6.07, 6.45) is 3.49. The minimum absolute atomic E-state index is 0.212. The summed E-state index contributed by atoms with van der Waals surface area (Å²) in [7, 11) is 3.11. The summed E-state index contributed by atoms with van der Waals surface area (Å²) in [5, 5.41) is 0. The lowest BCUT2D eigenvalue weighted by Gasteiger charge is -2.29. The SMILES string of the molecule is CCOC(=O)[C@@H]1C(=O)C=C(c2ccco2)C[C@@H]1c1ccc(OC)cc1OC. The molecule has 27 heavy (non-hydrogen) atoms. The number of hydrogen-bond acceptors (Lipinski definition) is 6. The fraction of sp³-hybridized carbons (Fsp3) is 0.333. The van der Waals surface area contributed by atoms with Crippen LogP contribution in [0.3, 0.4) is 0 Å². The highest BCUT2D eigenvalue weighted by Gasteiger charge is 2.41. The number of ketones is 1. The third-order valence-corrected chi connectivity index (χ3v) is 4.68. The zero-order valence-corrected chi connectivity index (χ0v) is 15.6. The molecular weight excluding hydrogens is 348 g/mol. The first kappa shape index (κ1) is 18.8. The van der Waals surface area contributed by atoms with Gasteiger partial charge in [-0.3, -0.25) is 9.59 Å². The van der Waals surface area contributed by atoms with Crippen molar-refractivity contribution in [2.24, 2.45) is 5.92 Å². The van der Waals surface area contributed by atoms with Crippen molar-refractivity contribution in [2.45, 2.75) is 19.3 Å². The summed E-state index contributed by atoms with van der Waals surface area (Å²) in [6, 6.07) is 8.92. The van der Waals surface area contributed by atoms with Gasteiger partial charge in [-0.2, -0.15) is 0 Å². The van der Waals surface area contributed by atoms with Gasteiger partial charge in [0, 0.05) is 12.0 Å². The first-order valence-electron chi connectivity index (χ1n) is 8.75. The molecule has 0 spiro atoms. The van der Waals surface area contributed by atoms with Gasteiger partial charge in [0.25, 0.3) is 0 Å². The molecule has 2 aromatic rings. The average Bonchev–Trinajstić information content (AvgIpc) is 3.21. The molecule has 142 valence electrons. The molecule has 0 saturated heterocycles. The van der Waals surface area contributed by atoms with Crippen molar-refractivity contribution < 1.29 is 28.2 Å². The van der Waals surface area contributed by atoms with Gasteiger partial charge in [-0.15, -0.1) is 0 Å². The van der Waals surface area contributed by atoms with Gasteiger partial charge in [0.05, 0.1) is 27.1 Å². The molecule has 0 radical (unpaired) electrons. The Bertz CT molecular complexity index is 850. The summed E-state index contributed by atoms with van der Waals surface area (Å²) in [4.78, 5) is 25.4. The Kier molecular flexibility index (Phi) is 5.64. The summed E-state index contributed by atoms with van der Waals surface area (Å²) in [5.41, 5.74) is 1.50. The lowest BCUT2D eigenvalue weighted by Crippen LogP contribution is -2.34. The van der Waals surface area contributed by atoms with E-state index < -0.39 is 17.8 Å². The molecule has 0 unspecified atom stereocenters. The van der Waals surface area contributed by atoms with Crippen LogP contribution >= 0.6 is 0 Å². The molecule has 1 aromatic carbocycles. The predicted octanol–water partition coefficient (Wildman–Crippen LogP) is 3.62. The van der Waals surface area contributed by atoms with Crippen molar-refractivity contribution >= 4 is 17.3 Å². The van der Waals surface area contributed by atoms with Gasteiger partial charge in [-0.05, 0) is 48.8 Å². The third-order valence-electron chi connectivity index (χ3n) is 4.68. The van der Waals surface area contributed by atoms with E-state index in [9.17, 15) is 9.59 Å². The topological polar surface area (TPSA) is 75.0 Å². The Hall–Kier alpha value is -3.02. The molecule has 0 fully saturated rings. The molecule has 3 rings (SSSR count). The van der Waals surface area contributed by atoms with Crippen molar-refractivity contribution in [1.82, 2.24) is 0 Å². The molecule has 0 bridgehead atoms. The smallest absolute Gasteiger partial charge is 0.317 e. The van der Waals surface area contributed by atoms with Gasteiger partial charge in [0.1, 0.15) is 23.2 Å². The molecule has 1 aliphatic carbocycles. The van der Waals surface area contributed by atoms with E-state index in [1.54, 1.807) is 51.7 Å². The molecular formula is C21H22O6. The molecule has 0 aliphatic heterocycles. The van der Waals surface area contributed by atoms with Crippen LogP contribution in [-0.2, 0) is 14.3 Å². The number of ether oxygens (including phenoxy) is 3. The minimum Gasteiger partial charge on any atom is -0.497 e. The van der Waals surface area contributed by atoms with Crippen LogP contribution in [0.2, 0.25) is 0 Å². The van der Waals surface area contributed by atoms with Crippen molar-refractivity contribution in [3.05, 3.63) is 54.0 Å². The number of carbonyl (C=O) groups excluding carboxylic acids is 2. The standard InChI is InChI=1S/C21H22O6/c1-4-26-21(23)20-16(15-8-7-14(24-2)12-19(15)25-3)10-13(11-17(20)22)18-6-5-9-27-18/h5-9,11-12,16,20H,4,10H2,1-3H3/t16-,20+/m1/s1. The Balaban J connectivity index is 2.07. The van der Waals surface area contributed by atoms with E-state index in [0.29, 0.717) is 23.7 Å². The maximum atomic E-state index is 12.8. The summed E-state index contributed by atoms with van der Waals surface area (Å²) in [6.45, 7) is 1.93. The molecule has 1 aromatic heterocycles. The van der Waals surface area contributed by atoms with E-state index in [-0.39, 0.29) is 12.4 Å². The van der Waals surface area contributed by atoms with Crippen molar-refractivity contribution in [3.8, 4) is 11.5 Å². The lowest BCUT2D eigenvalue weighted by molar-refractivity contribution is -0.151. The summed E-state index contributed by atoms with van der Waals surface area (Å²) < 4.78 is 21.4. The first-order valence-corrected chi connectivity index (χ1v) is 8.75. The van der Waals surface area contributed by atoms with Gasteiger partial charge in [0.2, 0.25) is 0 Å². The Morgan fingerprint density at radius 2 is 2.04 bits per heavy atom. The zero-order chi connectivity index (χ0) is 19.4. The van der Waals surface area contributed by atoms with E-state index in [1.165, 1.54) is 6.08 Å². The molecule has 6 heteroatoms. The minimum atomic E-state index is -0.925. The summed E-state index contributed by atoms with van der Waals surface area (Å²) >= 11 is 0. The second-order valence-corrected chi connectivity index (χ2v) is 6.20. The van der Waals surface area contributed by atoms with Gasteiger partial charge >= 0.3 is 5.97 Å². The molecule has 1 aliphatic rings. The Morgan fingerprint density at radius 1 is 1.22 bits per heavy atom. The van der Waals surface area contributed by atoms with E-state index in [1.807, 2.05) is 6.07 Å². The van der Waals surface area contributed by atoms with Gasteiger partial charge in [-0.1, -0.05) is 6.07 Å². The molecule has 0 saturated carbocycles. The number of carbonyl (C=O) groups is 2. The Labute approximate surface area is 157 Å². The number of hydrogen-bond donors (Lipinski definition) is 0. The van der Waals surface area contributed by atoms with Gasteiger partial charge in [0.15, 0.2) is 5.78 Å². The highest BCUT2D eigenvalue weighted by atomic mass is 16.5. The van der Waals surface area contributed by atoms with Gasteiger partial charge in [-0.25, -0.2) is 0 Å². The van der Waals surface area contributed by atoms with Gasteiger partial charge < -0.3 is 18.6 Å². The maximum Gasteiger partial charge on any atom is 0.317 e. The van der Waals surface area contributed by atoms with Crippen LogP contribution in [0.5, 0.6) is 11.5 Å². The van der Waals surface area contributed by atoms with Crippen LogP contribution in [0.25, 0.3) is 5.57 Å². The fourth-order valence-electron chi connectivity index (χ4n) is 3.43. The molecule has 6 nitrogen and oxygen atoms in total. The zero-order valence-electron chi connectivity index (χ0n) is 15.6. The van der Waals surface area contributed by atoms with Crippen molar-refractivity contribution in [3.63, 3.8) is 0 Å². The number of benzene rings is 1. The van der Waals surface area contributed by atoms with Crippen LogP contribution in [0.4, 0.5) is 0 Å². The van der Waals surface area contributed by atoms with Crippen LogP contribution in [0, 0.1) is 5.92 Å². The van der Waals surface area contributed by atoms with Crippen molar-refractivity contribution in [1.29, 1.82) is 0 Å². The average molecular weight is 370 g/mol. The van der Waals surface area contributed by atoms with E-state index in [0.717, 1.165) is 11.1 Å². The molecule has 1 heterocycles. The fourth-order valence-corrected chi connectivity index (χ4v) is 3.43. The molecule has 2 atom stereocenters. The van der Waals surface area contributed by atoms with Crippen LogP contribution < -0.4 is 9.47 Å². The highest BCUT2D eigenvalue weighted by molar-refractivity contribution is 6.10. The monoisotopic (exact) mass is 370 g/mol. The second kappa shape index (κ2) is 8.12. The van der Waals surface area contributed by atoms with Crippen LogP contribution in [-0.4, -0.2) is 32.6 Å². The highest BCUT2D eigenvalue weighted by Crippen LogP contribution is 2.44. The predicted molar refractivity (Wildman–Crippen MR) is 98.7 cm³/mol. The van der Waals surface area contributed by atoms with Crippen LogP contribution in [0.1, 0.15) is 30.6 Å².